The minimum absolute atomic E-state index is 0.424. The minimum atomic E-state index is 0.424. The molecule has 0 saturated heterocycles. The molecule has 0 saturated carbocycles. The van der Waals surface area contributed by atoms with Crippen LogP contribution >= 0.6 is 0 Å². The van der Waals surface area contributed by atoms with E-state index in [1.807, 2.05) is 6.07 Å². The summed E-state index contributed by atoms with van der Waals surface area (Å²) in [7, 11) is 0. The molecular formula is C24H17N3O. The Hall–Kier alpha value is -3.92. The molecule has 4 nitrogen and oxygen atoms in total. The molecule has 0 radical (unpaired) electrons. The normalized spacial score (nSPS) is 11.0. The minimum Gasteiger partial charge on any atom is -0.445 e. The van der Waals surface area contributed by atoms with Gasteiger partial charge >= 0.3 is 0 Å². The number of aromatic nitrogens is 2. The van der Waals surface area contributed by atoms with Crippen LogP contribution < -0.4 is 5.73 Å². The molecule has 4 heteroatoms. The van der Waals surface area contributed by atoms with E-state index in [1.54, 1.807) is 6.26 Å². The first-order valence-electron chi connectivity index (χ1n) is 9.03. The van der Waals surface area contributed by atoms with Gasteiger partial charge in [0.1, 0.15) is 18.4 Å². The predicted molar refractivity (Wildman–Crippen MR) is 113 cm³/mol. The van der Waals surface area contributed by atoms with E-state index in [0.717, 1.165) is 22.1 Å². The molecule has 2 N–H and O–H groups in total. The third-order valence-corrected chi connectivity index (χ3v) is 4.90. The van der Waals surface area contributed by atoms with Gasteiger partial charge in [-0.1, -0.05) is 72.8 Å². The van der Waals surface area contributed by atoms with Crippen LogP contribution in [0.15, 0.2) is 95.9 Å². The van der Waals surface area contributed by atoms with Crippen LogP contribution in [0.1, 0.15) is 0 Å². The van der Waals surface area contributed by atoms with Gasteiger partial charge in [0.25, 0.3) is 0 Å². The Kier molecular flexibility index (Phi) is 3.87. The lowest BCUT2D eigenvalue weighted by atomic mass is 9.97. The van der Waals surface area contributed by atoms with Gasteiger partial charge in [0.2, 0.25) is 5.71 Å². The molecule has 0 aliphatic carbocycles. The van der Waals surface area contributed by atoms with Crippen molar-refractivity contribution in [1.29, 1.82) is 0 Å². The smallest absolute Gasteiger partial charge is 0.231 e. The summed E-state index contributed by atoms with van der Waals surface area (Å²) in [5, 5.41) is 0.751. The highest BCUT2D eigenvalue weighted by molar-refractivity contribution is 5.99. The third kappa shape index (κ3) is 2.81. The lowest BCUT2D eigenvalue weighted by Gasteiger charge is -2.07. The predicted octanol–water partition coefficient (Wildman–Crippen LogP) is 5.81. The zero-order chi connectivity index (χ0) is 18.9. The van der Waals surface area contributed by atoms with Crippen molar-refractivity contribution in [1.82, 2.24) is 9.97 Å². The van der Waals surface area contributed by atoms with Crippen molar-refractivity contribution in [2.45, 2.75) is 0 Å². The Labute approximate surface area is 162 Å². The number of anilines is 1. The maximum Gasteiger partial charge on any atom is 0.231 e. The SMILES string of the molecule is Nc1ncnc2occ(-c3ccc(-c4cccc(-c5ccccc5)c4)cc3)c12. The second kappa shape index (κ2) is 6.67. The van der Waals surface area contributed by atoms with Crippen molar-refractivity contribution >= 4 is 16.9 Å². The van der Waals surface area contributed by atoms with Crippen LogP contribution in [0.2, 0.25) is 0 Å². The summed E-state index contributed by atoms with van der Waals surface area (Å²) >= 11 is 0. The van der Waals surface area contributed by atoms with E-state index in [-0.39, 0.29) is 0 Å². The van der Waals surface area contributed by atoms with E-state index >= 15 is 0 Å². The summed E-state index contributed by atoms with van der Waals surface area (Å²) in [5.74, 6) is 0.424. The molecule has 28 heavy (non-hydrogen) atoms. The monoisotopic (exact) mass is 363 g/mol. The number of hydrogen-bond donors (Lipinski definition) is 1. The van der Waals surface area contributed by atoms with Crippen molar-refractivity contribution in [3.8, 4) is 33.4 Å². The number of rotatable bonds is 3. The fraction of sp³-hybridized carbons (Fsp3) is 0. The molecule has 0 spiro atoms. The van der Waals surface area contributed by atoms with Gasteiger partial charge in [0.15, 0.2) is 0 Å². The zero-order valence-electron chi connectivity index (χ0n) is 15.0. The Morgan fingerprint density at radius 1 is 0.643 bits per heavy atom. The largest absolute Gasteiger partial charge is 0.445 e. The van der Waals surface area contributed by atoms with E-state index in [4.69, 9.17) is 10.2 Å². The first kappa shape index (κ1) is 16.3. The molecule has 134 valence electrons. The summed E-state index contributed by atoms with van der Waals surface area (Å²) in [6.45, 7) is 0. The molecule has 0 aliphatic rings. The third-order valence-electron chi connectivity index (χ3n) is 4.90. The molecule has 5 rings (SSSR count). The molecule has 0 atom stereocenters. The van der Waals surface area contributed by atoms with Crippen molar-refractivity contribution < 1.29 is 4.42 Å². The Balaban J connectivity index is 1.52. The lowest BCUT2D eigenvalue weighted by molar-refractivity contribution is 0.603. The Morgan fingerprint density at radius 2 is 1.29 bits per heavy atom. The molecule has 0 fully saturated rings. The van der Waals surface area contributed by atoms with E-state index in [9.17, 15) is 0 Å². The van der Waals surface area contributed by atoms with Gasteiger partial charge < -0.3 is 10.2 Å². The number of hydrogen-bond acceptors (Lipinski definition) is 4. The van der Waals surface area contributed by atoms with E-state index in [1.165, 1.54) is 23.0 Å². The first-order chi connectivity index (χ1) is 13.8. The topological polar surface area (TPSA) is 64.9 Å². The van der Waals surface area contributed by atoms with Gasteiger partial charge in [0, 0.05) is 5.56 Å². The van der Waals surface area contributed by atoms with Crippen molar-refractivity contribution in [2.24, 2.45) is 0 Å². The van der Waals surface area contributed by atoms with Crippen LogP contribution in [-0.4, -0.2) is 9.97 Å². The van der Waals surface area contributed by atoms with Gasteiger partial charge in [0.05, 0.1) is 5.39 Å². The molecule has 0 aliphatic heterocycles. The maximum absolute atomic E-state index is 6.02. The number of benzene rings is 3. The quantitative estimate of drug-likeness (QED) is 0.439. The highest BCUT2D eigenvalue weighted by Gasteiger charge is 2.13. The highest BCUT2D eigenvalue weighted by Crippen LogP contribution is 2.34. The molecular weight excluding hydrogens is 346 g/mol. The molecule has 0 unspecified atom stereocenters. The van der Waals surface area contributed by atoms with Gasteiger partial charge in [-0.15, -0.1) is 0 Å². The number of furan rings is 1. The second-order valence-electron chi connectivity index (χ2n) is 6.61. The van der Waals surface area contributed by atoms with E-state index < -0.39 is 0 Å². The number of nitrogens with two attached hydrogens (primary N) is 1. The molecule has 5 aromatic rings. The average molecular weight is 363 g/mol. The first-order valence-corrected chi connectivity index (χ1v) is 9.03. The summed E-state index contributed by atoms with van der Waals surface area (Å²) in [6, 6.07) is 27.3. The fourth-order valence-corrected chi connectivity index (χ4v) is 3.46. The Bertz CT molecular complexity index is 1260. The molecule has 2 aromatic heterocycles. The zero-order valence-corrected chi connectivity index (χ0v) is 15.0. The van der Waals surface area contributed by atoms with Gasteiger partial charge in [-0.3, -0.25) is 0 Å². The average Bonchev–Trinajstić information content (AvgIpc) is 3.20. The number of nitrogens with zero attached hydrogens (tertiary/aromatic N) is 2. The van der Waals surface area contributed by atoms with Crippen molar-refractivity contribution in [2.75, 3.05) is 5.73 Å². The standard InChI is InChI=1S/C24H17N3O/c25-23-22-21(14-28-24(22)27-15-26-23)18-11-9-17(10-12-18)20-8-4-7-19(13-20)16-5-2-1-3-6-16/h1-15H,(H2,25,26,27). The molecule has 0 amide bonds. The summed E-state index contributed by atoms with van der Waals surface area (Å²) in [4.78, 5) is 8.21. The van der Waals surface area contributed by atoms with Crippen LogP contribution in [0, 0.1) is 0 Å². The van der Waals surface area contributed by atoms with Crippen LogP contribution in [0.25, 0.3) is 44.5 Å². The fourth-order valence-electron chi connectivity index (χ4n) is 3.46. The summed E-state index contributed by atoms with van der Waals surface area (Å²) in [6.07, 6.45) is 3.09. The lowest BCUT2D eigenvalue weighted by Crippen LogP contribution is -1.92. The molecule has 2 heterocycles. The van der Waals surface area contributed by atoms with Gasteiger partial charge in [-0.2, -0.15) is 0 Å². The molecule has 0 bridgehead atoms. The number of nitrogen functional groups attached to an aromatic ring is 1. The van der Waals surface area contributed by atoms with E-state index in [2.05, 4.69) is 82.8 Å². The maximum atomic E-state index is 6.02. The Morgan fingerprint density at radius 3 is 2.04 bits per heavy atom. The summed E-state index contributed by atoms with van der Waals surface area (Å²) in [5.41, 5.74) is 13.2. The number of fused-ring (bicyclic) bond motifs is 1. The van der Waals surface area contributed by atoms with Gasteiger partial charge in [-0.05, 0) is 33.9 Å². The second-order valence-corrected chi connectivity index (χ2v) is 6.61. The van der Waals surface area contributed by atoms with Crippen LogP contribution in [0.4, 0.5) is 5.82 Å². The highest BCUT2D eigenvalue weighted by atomic mass is 16.3. The van der Waals surface area contributed by atoms with Crippen molar-refractivity contribution in [3.05, 3.63) is 91.5 Å². The van der Waals surface area contributed by atoms with Crippen LogP contribution in [-0.2, 0) is 0 Å². The van der Waals surface area contributed by atoms with Gasteiger partial charge in [-0.25, -0.2) is 9.97 Å². The van der Waals surface area contributed by atoms with Crippen LogP contribution in [0.3, 0.4) is 0 Å². The van der Waals surface area contributed by atoms with E-state index in [0.29, 0.717) is 11.5 Å². The van der Waals surface area contributed by atoms with Crippen LogP contribution in [0.5, 0.6) is 0 Å². The van der Waals surface area contributed by atoms with Crippen molar-refractivity contribution in [3.63, 3.8) is 0 Å². The summed E-state index contributed by atoms with van der Waals surface area (Å²) < 4.78 is 5.53. The molecule has 3 aromatic carbocycles.